The molecular weight excluding hydrogens is 287 g/mol. The van der Waals surface area contributed by atoms with Crippen molar-refractivity contribution in [3.05, 3.63) is 35.1 Å². The van der Waals surface area contributed by atoms with Crippen molar-refractivity contribution in [1.29, 1.82) is 0 Å². The maximum atomic E-state index is 13.4. The lowest BCUT2D eigenvalue weighted by atomic mass is 10.2. The van der Waals surface area contributed by atoms with Gasteiger partial charge in [0.1, 0.15) is 0 Å². The molecule has 2 amide bonds. The van der Waals surface area contributed by atoms with Gasteiger partial charge in [0.05, 0.1) is 12.1 Å². The third-order valence-electron chi connectivity index (χ3n) is 3.15. The molecule has 0 saturated carbocycles. The molecule has 0 bridgehead atoms. The van der Waals surface area contributed by atoms with Crippen LogP contribution in [-0.4, -0.2) is 49.4 Å². The zero-order valence-electron chi connectivity index (χ0n) is 11.1. The highest BCUT2D eigenvalue weighted by Crippen LogP contribution is 2.14. The lowest BCUT2D eigenvalue weighted by Crippen LogP contribution is -2.49. The molecule has 1 aliphatic rings. The predicted molar refractivity (Wildman–Crippen MR) is 68.1 cm³/mol. The number of carbonyl (C=O) groups excluding carboxylic acids is 2. The summed E-state index contributed by atoms with van der Waals surface area (Å²) in [5, 5.41) is 5.28. The SMILES string of the molecule is O=C(NCC(=O)N1CCNCC1)c1ccc(F)c(F)c1F. The van der Waals surface area contributed by atoms with Crippen molar-refractivity contribution in [2.24, 2.45) is 0 Å². The van der Waals surface area contributed by atoms with Crippen molar-refractivity contribution in [2.45, 2.75) is 0 Å². The van der Waals surface area contributed by atoms with E-state index >= 15 is 0 Å². The van der Waals surface area contributed by atoms with Gasteiger partial charge in [0, 0.05) is 26.2 Å². The molecule has 8 heteroatoms. The Morgan fingerprint density at radius 1 is 1.14 bits per heavy atom. The topological polar surface area (TPSA) is 61.4 Å². The fourth-order valence-corrected chi connectivity index (χ4v) is 1.98. The summed E-state index contributed by atoms with van der Waals surface area (Å²) >= 11 is 0. The number of hydrogen-bond donors (Lipinski definition) is 2. The molecule has 1 saturated heterocycles. The van der Waals surface area contributed by atoms with Crippen LogP contribution in [0.5, 0.6) is 0 Å². The van der Waals surface area contributed by atoms with Gasteiger partial charge in [-0.2, -0.15) is 0 Å². The predicted octanol–water partition coefficient (Wildman–Crippen LogP) is 0.265. The van der Waals surface area contributed by atoms with E-state index in [1.54, 1.807) is 4.90 Å². The highest BCUT2D eigenvalue weighted by molar-refractivity contribution is 5.96. The van der Waals surface area contributed by atoms with Gasteiger partial charge in [-0.25, -0.2) is 13.2 Å². The Kier molecular flexibility index (Phi) is 4.79. The van der Waals surface area contributed by atoms with Crippen LogP contribution in [0.1, 0.15) is 10.4 Å². The van der Waals surface area contributed by atoms with E-state index in [0.29, 0.717) is 32.2 Å². The molecule has 0 atom stereocenters. The van der Waals surface area contributed by atoms with Crippen LogP contribution in [0.3, 0.4) is 0 Å². The fraction of sp³-hybridized carbons (Fsp3) is 0.385. The molecule has 114 valence electrons. The van der Waals surface area contributed by atoms with Crippen LogP contribution in [-0.2, 0) is 4.79 Å². The smallest absolute Gasteiger partial charge is 0.254 e. The van der Waals surface area contributed by atoms with Crippen LogP contribution >= 0.6 is 0 Å². The normalized spacial score (nSPS) is 14.9. The molecule has 1 fully saturated rings. The second-order valence-corrected chi connectivity index (χ2v) is 4.54. The molecule has 2 N–H and O–H groups in total. The number of hydrogen-bond acceptors (Lipinski definition) is 3. The van der Waals surface area contributed by atoms with Crippen LogP contribution in [0.4, 0.5) is 13.2 Å². The van der Waals surface area contributed by atoms with Crippen molar-refractivity contribution in [3.63, 3.8) is 0 Å². The minimum atomic E-state index is -1.71. The van der Waals surface area contributed by atoms with Gasteiger partial charge in [-0.05, 0) is 12.1 Å². The third kappa shape index (κ3) is 3.52. The quantitative estimate of drug-likeness (QED) is 0.788. The monoisotopic (exact) mass is 301 g/mol. The Morgan fingerprint density at radius 3 is 2.48 bits per heavy atom. The van der Waals surface area contributed by atoms with E-state index in [4.69, 9.17) is 0 Å². The summed E-state index contributed by atoms with van der Waals surface area (Å²) in [4.78, 5) is 25.0. The Balaban J connectivity index is 1.95. The first-order valence-electron chi connectivity index (χ1n) is 6.41. The largest absolute Gasteiger partial charge is 0.343 e. The van der Waals surface area contributed by atoms with E-state index in [-0.39, 0.29) is 12.5 Å². The van der Waals surface area contributed by atoms with Crippen LogP contribution in [0, 0.1) is 17.5 Å². The van der Waals surface area contributed by atoms with Crippen molar-refractivity contribution >= 4 is 11.8 Å². The summed E-state index contributed by atoms with van der Waals surface area (Å²) in [5.74, 6) is -5.93. The summed E-state index contributed by atoms with van der Waals surface area (Å²) in [5.41, 5.74) is -0.637. The number of piperazine rings is 1. The summed E-state index contributed by atoms with van der Waals surface area (Å²) in [7, 11) is 0. The second kappa shape index (κ2) is 6.57. The molecule has 0 unspecified atom stereocenters. The van der Waals surface area contributed by atoms with E-state index in [1.165, 1.54) is 0 Å². The maximum Gasteiger partial charge on any atom is 0.254 e. The number of rotatable bonds is 3. The number of carbonyl (C=O) groups is 2. The Bertz CT molecular complexity index is 560. The van der Waals surface area contributed by atoms with Gasteiger partial charge >= 0.3 is 0 Å². The van der Waals surface area contributed by atoms with Gasteiger partial charge in [-0.1, -0.05) is 0 Å². The highest BCUT2D eigenvalue weighted by atomic mass is 19.2. The molecule has 1 aromatic carbocycles. The number of benzene rings is 1. The fourth-order valence-electron chi connectivity index (χ4n) is 1.98. The summed E-state index contributed by atoms with van der Waals surface area (Å²) in [6, 6.07) is 1.49. The van der Waals surface area contributed by atoms with Crippen molar-refractivity contribution in [2.75, 3.05) is 32.7 Å². The molecule has 5 nitrogen and oxygen atoms in total. The van der Waals surface area contributed by atoms with Gasteiger partial charge in [-0.15, -0.1) is 0 Å². The molecule has 1 aliphatic heterocycles. The molecule has 21 heavy (non-hydrogen) atoms. The summed E-state index contributed by atoms with van der Waals surface area (Å²) in [6.07, 6.45) is 0. The zero-order valence-corrected chi connectivity index (χ0v) is 11.1. The van der Waals surface area contributed by atoms with Gasteiger partial charge in [0.25, 0.3) is 5.91 Å². The first kappa shape index (κ1) is 15.3. The second-order valence-electron chi connectivity index (χ2n) is 4.54. The van der Waals surface area contributed by atoms with E-state index < -0.39 is 28.9 Å². The number of nitrogens with zero attached hydrogens (tertiary/aromatic N) is 1. The lowest BCUT2D eigenvalue weighted by Gasteiger charge is -2.27. The van der Waals surface area contributed by atoms with E-state index in [1.807, 2.05) is 0 Å². The van der Waals surface area contributed by atoms with Crippen LogP contribution in [0.2, 0.25) is 0 Å². The minimum absolute atomic E-state index is 0.312. The molecule has 1 aromatic rings. The van der Waals surface area contributed by atoms with E-state index in [9.17, 15) is 22.8 Å². The number of nitrogens with one attached hydrogen (secondary N) is 2. The first-order chi connectivity index (χ1) is 10.0. The summed E-state index contributed by atoms with van der Waals surface area (Å²) < 4.78 is 39.2. The van der Waals surface area contributed by atoms with Gasteiger partial charge < -0.3 is 15.5 Å². The van der Waals surface area contributed by atoms with Gasteiger partial charge in [0.15, 0.2) is 17.5 Å². The van der Waals surface area contributed by atoms with Crippen LogP contribution in [0.15, 0.2) is 12.1 Å². The van der Waals surface area contributed by atoms with Crippen molar-refractivity contribution < 1.29 is 22.8 Å². The standard InChI is InChI=1S/C13H14F3N3O2/c14-9-2-1-8(11(15)12(9)16)13(21)18-7-10(20)19-5-3-17-4-6-19/h1-2,17H,3-7H2,(H,18,21). The van der Waals surface area contributed by atoms with E-state index in [2.05, 4.69) is 10.6 Å². The zero-order chi connectivity index (χ0) is 15.4. The first-order valence-corrected chi connectivity index (χ1v) is 6.41. The van der Waals surface area contributed by atoms with Crippen molar-refractivity contribution in [3.8, 4) is 0 Å². The van der Waals surface area contributed by atoms with E-state index in [0.717, 1.165) is 6.07 Å². The summed E-state index contributed by atoms with van der Waals surface area (Å²) in [6.45, 7) is 2.05. The Labute approximate surface area is 119 Å². The molecule has 0 radical (unpaired) electrons. The molecule has 0 aromatic heterocycles. The van der Waals surface area contributed by atoms with Gasteiger partial charge in [-0.3, -0.25) is 9.59 Å². The maximum absolute atomic E-state index is 13.4. The molecule has 0 aliphatic carbocycles. The van der Waals surface area contributed by atoms with Crippen LogP contribution < -0.4 is 10.6 Å². The Hall–Kier alpha value is -2.09. The number of amides is 2. The third-order valence-corrected chi connectivity index (χ3v) is 3.15. The number of halogens is 3. The molecular formula is C13H14F3N3O2. The Morgan fingerprint density at radius 2 is 1.81 bits per heavy atom. The van der Waals surface area contributed by atoms with Crippen molar-refractivity contribution in [1.82, 2.24) is 15.5 Å². The molecule has 2 rings (SSSR count). The average Bonchev–Trinajstić information content (AvgIpc) is 2.51. The van der Waals surface area contributed by atoms with Gasteiger partial charge in [0.2, 0.25) is 5.91 Å². The van der Waals surface area contributed by atoms with Crippen LogP contribution in [0.25, 0.3) is 0 Å². The molecule has 0 spiro atoms. The average molecular weight is 301 g/mol. The molecule has 1 heterocycles. The minimum Gasteiger partial charge on any atom is -0.343 e. The highest BCUT2D eigenvalue weighted by Gasteiger charge is 2.21. The lowest BCUT2D eigenvalue weighted by molar-refractivity contribution is -0.130.